The van der Waals surface area contributed by atoms with Crippen molar-refractivity contribution in [3.05, 3.63) is 53.6 Å². The SMILES string of the molecule is Cc1ccc(N2C(=O)C(C=[NH+]Cc3ccc4c(c3)OCO4)C(=O)NC2=S)cc1. The zero-order valence-electron chi connectivity index (χ0n) is 15.1. The number of amides is 2. The standard InChI is InChI=1S/C20H17N3O4S/c1-12-2-5-14(6-3-12)23-19(25)15(18(24)22-20(23)28)10-21-9-13-4-7-16-17(8-13)27-11-26-16/h2-8,10,15H,9,11H2,1H3,(H,22,24,28)/p+1. The van der Waals surface area contributed by atoms with E-state index >= 15 is 0 Å². The van der Waals surface area contributed by atoms with Gasteiger partial charge in [-0.25, -0.2) is 4.99 Å². The Balaban J connectivity index is 1.50. The average molecular weight is 396 g/mol. The van der Waals surface area contributed by atoms with Crippen molar-refractivity contribution in [1.29, 1.82) is 0 Å². The minimum absolute atomic E-state index is 0.0827. The van der Waals surface area contributed by atoms with Crippen molar-refractivity contribution in [3.8, 4) is 11.5 Å². The number of hydrogen-bond acceptors (Lipinski definition) is 5. The summed E-state index contributed by atoms with van der Waals surface area (Å²) in [7, 11) is 0. The number of aryl methyl sites for hydroxylation is 1. The normalized spacial score (nSPS) is 18.7. The molecule has 2 heterocycles. The highest BCUT2D eigenvalue weighted by molar-refractivity contribution is 7.80. The first-order valence-electron chi connectivity index (χ1n) is 8.73. The number of fused-ring (bicyclic) bond motifs is 1. The zero-order valence-corrected chi connectivity index (χ0v) is 15.9. The number of carbonyl (C=O) groups is 2. The van der Waals surface area contributed by atoms with Crippen LogP contribution in [0.4, 0.5) is 5.69 Å². The number of nitrogens with one attached hydrogen (secondary N) is 2. The van der Waals surface area contributed by atoms with Crippen molar-refractivity contribution in [2.24, 2.45) is 5.92 Å². The predicted molar refractivity (Wildman–Crippen MR) is 106 cm³/mol. The van der Waals surface area contributed by atoms with Crippen LogP contribution in [0.2, 0.25) is 0 Å². The van der Waals surface area contributed by atoms with Crippen LogP contribution in [0.3, 0.4) is 0 Å². The summed E-state index contributed by atoms with van der Waals surface area (Å²) >= 11 is 5.20. The van der Waals surface area contributed by atoms with Gasteiger partial charge in [-0.1, -0.05) is 17.7 Å². The van der Waals surface area contributed by atoms with Gasteiger partial charge in [-0.15, -0.1) is 0 Å². The lowest BCUT2D eigenvalue weighted by molar-refractivity contribution is -0.471. The number of benzene rings is 2. The third-order valence-electron chi connectivity index (χ3n) is 4.52. The molecule has 4 rings (SSSR count). The summed E-state index contributed by atoms with van der Waals surface area (Å²) in [6, 6.07) is 13.0. The van der Waals surface area contributed by atoms with Gasteiger partial charge in [0, 0.05) is 5.56 Å². The molecule has 28 heavy (non-hydrogen) atoms. The highest BCUT2D eigenvalue weighted by atomic mass is 32.1. The van der Waals surface area contributed by atoms with Crippen LogP contribution < -0.4 is 24.7 Å². The molecule has 2 N–H and O–H groups in total. The Morgan fingerprint density at radius 2 is 1.93 bits per heavy atom. The predicted octanol–water partition coefficient (Wildman–Crippen LogP) is 0.439. The van der Waals surface area contributed by atoms with Crippen LogP contribution in [0.5, 0.6) is 11.5 Å². The van der Waals surface area contributed by atoms with E-state index in [1.54, 1.807) is 12.1 Å². The molecule has 0 aliphatic carbocycles. The quantitative estimate of drug-likeness (QED) is 0.445. The molecule has 1 atom stereocenters. The molecular formula is C20H18N3O4S+. The molecule has 142 valence electrons. The number of carbonyl (C=O) groups excluding carboxylic acids is 2. The first-order chi connectivity index (χ1) is 13.5. The molecule has 8 heteroatoms. The van der Waals surface area contributed by atoms with Crippen LogP contribution in [0.15, 0.2) is 42.5 Å². The minimum atomic E-state index is -0.984. The summed E-state index contributed by atoms with van der Waals surface area (Å²) in [4.78, 5) is 29.6. The van der Waals surface area contributed by atoms with Crippen molar-refractivity contribution < 1.29 is 24.1 Å². The Morgan fingerprint density at radius 1 is 1.18 bits per heavy atom. The van der Waals surface area contributed by atoms with Gasteiger partial charge in [0.15, 0.2) is 35.3 Å². The van der Waals surface area contributed by atoms with Gasteiger partial charge < -0.3 is 14.8 Å². The van der Waals surface area contributed by atoms with E-state index in [1.165, 1.54) is 11.1 Å². The second-order valence-electron chi connectivity index (χ2n) is 6.52. The number of rotatable bonds is 4. The second kappa shape index (κ2) is 7.40. The Morgan fingerprint density at radius 3 is 2.71 bits per heavy atom. The maximum Gasteiger partial charge on any atom is 0.256 e. The summed E-state index contributed by atoms with van der Waals surface area (Å²) in [5.41, 5.74) is 2.63. The first kappa shape index (κ1) is 18.1. The van der Waals surface area contributed by atoms with Crippen LogP contribution in [0, 0.1) is 12.8 Å². The van der Waals surface area contributed by atoms with Crippen molar-refractivity contribution in [2.75, 3.05) is 11.7 Å². The summed E-state index contributed by atoms with van der Waals surface area (Å²) in [6.07, 6.45) is 1.49. The van der Waals surface area contributed by atoms with Crippen LogP contribution in [0.25, 0.3) is 0 Å². The van der Waals surface area contributed by atoms with Crippen molar-refractivity contribution in [1.82, 2.24) is 5.32 Å². The molecule has 2 aromatic rings. The Labute approximate surface area is 167 Å². The lowest BCUT2D eigenvalue weighted by Crippen LogP contribution is -2.71. The van der Waals surface area contributed by atoms with Gasteiger partial charge in [0.25, 0.3) is 5.91 Å². The molecule has 1 saturated heterocycles. The summed E-state index contributed by atoms with van der Waals surface area (Å²) < 4.78 is 10.6. The molecule has 1 fully saturated rings. The van der Waals surface area contributed by atoms with Gasteiger partial charge in [0.05, 0.1) is 5.69 Å². The van der Waals surface area contributed by atoms with E-state index in [1.807, 2.05) is 37.3 Å². The minimum Gasteiger partial charge on any atom is -0.454 e. The van der Waals surface area contributed by atoms with Crippen LogP contribution >= 0.6 is 12.2 Å². The molecule has 0 spiro atoms. The average Bonchev–Trinajstić information content (AvgIpc) is 3.13. The number of ether oxygens (including phenoxy) is 2. The van der Waals surface area contributed by atoms with Crippen LogP contribution in [-0.2, 0) is 16.1 Å². The van der Waals surface area contributed by atoms with Crippen molar-refractivity contribution in [3.63, 3.8) is 0 Å². The fourth-order valence-electron chi connectivity index (χ4n) is 3.02. The van der Waals surface area contributed by atoms with Gasteiger partial charge in [-0.05, 0) is 49.5 Å². The molecular weight excluding hydrogens is 378 g/mol. The van der Waals surface area contributed by atoms with E-state index in [0.29, 0.717) is 23.7 Å². The highest BCUT2D eigenvalue weighted by Crippen LogP contribution is 2.32. The third kappa shape index (κ3) is 3.46. The molecule has 0 aromatic heterocycles. The molecule has 2 aliphatic heterocycles. The van der Waals surface area contributed by atoms with Crippen LogP contribution in [0.1, 0.15) is 11.1 Å². The second-order valence-corrected chi connectivity index (χ2v) is 6.90. The Hall–Kier alpha value is -3.26. The summed E-state index contributed by atoms with van der Waals surface area (Å²) in [5, 5.41) is 2.68. The van der Waals surface area contributed by atoms with E-state index in [0.717, 1.165) is 11.1 Å². The summed E-state index contributed by atoms with van der Waals surface area (Å²) in [5.74, 6) is -0.437. The maximum absolute atomic E-state index is 12.9. The highest BCUT2D eigenvalue weighted by Gasteiger charge is 2.40. The molecule has 2 aromatic carbocycles. The number of thiocarbonyl (C=S) groups is 1. The maximum atomic E-state index is 12.9. The number of nitrogens with zero attached hydrogens (tertiary/aromatic N) is 1. The number of anilines is 1. The monoisotopic (exact) mass is 396 g/mol. The number of hydrogen-bond donors (Lipinski definition) is 2. The van der Waals surface area contributed by atoms with Crippen LogP contribution in [-0.4, -0.2) is 29.9 Å². The molecule has 7 nitrogen and oxygen atoms in total. The lowest BCUT2D eigenvalue weighted by atomic mass is 10.1. The van der Waals surface area contributed by atoms with E-state index in [-0.39, 0.29) is 11.9 Å². The Kier molecular flexibility index (Phi) is 4.79. The van der Waals surface area contributed by atoms with Gasteiger partial charge in [0.2, 0.25) is 12.7 Å². The zero-order chi connectivity index (χ0) is 19.7. The molecule has 2 amide bonds. The van der Waals surface area contributed by atoms with E-state index in [4.69, 9.17) is 21.7 Å². The van der Waals surface area contributed by atoms with Crippen molar-refractivity contribution >= 4 is 41.0 Å². The molecule has 2 aliphatic rings. The van der Waals surface area contributed by atoms with E-state index in [2.05, 4.69) is 10.3 Å². The Bertz CT molecular complexity index is 987. The van der Waals surface area contributed by atoms with Gasteiger partial charge in [-0.3, -0.25) is 14.5 Å². The van der Waals surface area contributed by atoms with E-state index in [9.17, 15) is 9.59 Å². The molecule has 0 bridgehead atoms. The van der Waals surface area contributed by atoms with Gasteiger partial charge >= 0.3 is 0 Å². The fraction of sp³-hybridized carbons (Fsp3) is 0.200. The topological polar surface area (TPSA) is 81.8 Å². The molecule has 1 unspecified atom stereocenters. The van der Waals surface area contributed by atoms with Crippen molar-refractivity contribution in [2.45, 2.75) is 13.5 Å². The van der Waals surface area contributed by atoms with Gasteiger partial charge in [0.1, 0.15) is 0 Å². The molecule has 0 saturated carbocycles. The third-order valence-corrected chi connectivity index (χ3v) is 4.81. The first-order valence-corrected chi connectivity index (χ1v) is 9.14. The summed E-state index contributed by atoms with van der Waals surface area (Å²) in [6.45, 7) is 2.60. The lowest BCUT2D eigenvalue weighted by Gasteiger charge is -2.30. The smallest absolute Gasteiger partial charge is 0.256 e. The largest absolute Gasteiger partial charge is 0.454 e. The fourth-order valence-corrected chi connectivity index (χ4v) is 3.32. The van der Waals surface area contributed by atoms with Gasteiger partial charge in [-0.2, -0.15) is 0 Å². The van der Waals surface area contributed by atoms with E-state index < -0.39 is 17.7 Å². The molecule has 0 radical (unpaired) electrons.